The Hall–Kier alpha value is -3.08. The van der Waals surface area contributed by atoms with Crippen LogP contribution in [0.4, 0.5) is 0 Å². The molecule has 2 aromatic carbocycles. The van der Waals surface area contributed by atoms with Gasteiger partial charge in [-0.25, -0.2) is 0 Å². The number of carbonyl (C=O) groups is 2. The average molecular weight is 406 g/mol. The fourth-order valence-corrected chi connectivity index (χ4v) is 4.55. The molecule has 0 spiro atoms. The highest BCUT2D eigenvalue weighted by Gasteiger charge is 2.62. The number of furan rings is 1. The second kappa shape index (κ2) is 7.98. The average Bonchev–Trinajstić information content (AvgIpc) is 3.28. The predicted octanol–water partition coefficient (Wildman–Crippen LogP) is 4.80. The van der Waals surface area contributed by atoms with Gasteiger partial charge in [0.25, 0.3) is 0 Å². The maximum Gasteiger partial charge on any atom is 0.324 e. The molecular formula is C25H26O5. The van der Waals surface area contributed by atoms with Gasteiger partial charge in [-0.15, -0.1) is 0 Å². The Morgan fingerprint density at radius 1 is 0.967 bits per heavy atom. The Balaban J connectivity index is 1.97. The first-order chi connectivity index (χ1) is 14.6. The van der Waals surface area contributed by atoms with E-state index in [1.165, 1.54) is 5.56 Å². The van der Waals surface area contributed by atoms with E-state index in [2.05, 4.69) is 6.92 Å². The summed E-state index contributed by atoms with van der Waals surface area (Å²) >= 11 is 0. The fraction of sp³-hybridized carbons (Fsp3) is 0.360. The van der Waals surface area contributed by atoms with Gasteiger partial charge in [-0.2, -0.15) is 0 Å². The first kappa shape index (κ1) is 20.2. The van der Waals surface area contributed by atoms with E-state index in [0.717, 1.165) is 28.5 Å². The zero-order valence-electron chi connectivity index (χ0n) is 17.6. The molecule has 1 aliphatic rings. The monoisotopic (exact) mass is 406 g/mol. The van der Waals surface area contributed by atoms with Crippen LogP contribution in [0.2, 0.25) is 0 Å². The third kappa shape index (κ3) is 3.00. The lowest BCUT2D eigenvalue weighted by atomic mass is 9.71. The second-order valence-corrected chi connectivity index (χ2v) is 7.55. The number of aryl methyl sites for hydroxylation is 1. The number of hydrogen-bond acceptors (Lipinski definition) is 5. The lowest BCUT2D eigenvalue weighted by molar-refractivity contribution is -0.172. The van der Waals surface area contributed by atoms with Crippen molar-refractivity contribution in [2.75, 3.05) is 13.2 Å². The van der Waals surface area contributed by atoms with E-state index in [4.69, 9.17) is 13.9 Å². The number of para-hydroxylation sites is 1. The standard InChI is InChI=1S/C25H26O5/c1-4-16-11-13-17(14-12-16)22-21-18-9-7-8-10-19(18)30-20(21)15-25(22,23(26)28-5-2)24(27)29-6-3/h7-14,22H,4-6,15H2,1-3H3. The van der Waals surface area contributed by atoms with Crippen LogP contribution in [0.5, 0.6) is 0 Å². The third-order valence-corrected chi connectivity index (χ3v) is 5.93. The van der Waals surface area contributed by atoms with E-state index in [9.17, 15) is 9.59 Å². The van der Waals surface area contributed by atoms with Crippen molar-refractivity contribution in [3.8, 4) is 0 Å². The molecule has 1 atom stereocenters. The lowest BCUT2D eigenvalue weighted by Crippen LogP contribution is -2.46. The number of ether oxygens (including phenoxy) is 2. The number of rotatable bonds is 6. The molecule has 5 heteroatoms. The van der Waals surface area contributed by atoms with Crippen molar-refractivity contribution in [2.24, 2.45) is 5.41 Å². The summed E-state index contributed by atoms with van der Waals surface area (Å²) in [6, 6.07) is 15.8. The van der Waals surface area contributed by atoms with Gasteiger partial charge in [-0.05, 0) is 37.5 Å². The summed E-state index contributed by atoms with van der Waals surface area (Å²) in [4.78, 5) is 26.7. The first-order valence-electron chi connectivity index (χ1n) is 10.5. The SMILES string of the molecule is CCOC(=O)C1(C(=O)OCC)Cc2oc3ccccc3c2C1c1ccc(CC)cc1. The molecule has 1 heterocycles. The van der Waals surface area contributed by atoms with Crippen LogP contribution in [-0.4, -0.2) is 25.2 Å². The van der Waals surface area contributed by atoms with E-state index in [1.807, 2.05) is 48.5 Å². The van der Waals surface area contributed by atoms with Crippen LogP contribution in [0.3, 0.4) is 0 Å². The number of benzene rings is 2. The van der Waals surface area contributed by atoms with Crippen LogP contribution in [0.1, 0.15) is 49.1 Å². The van der Waals surface area contributed by atoms with Gasteiger partial charge in [0.15, 0.2) is 5.41 Å². The van der Waals surface area contributed by atoms with Crippen LogP contribution in [0.15, 0.2) is 52.9 Å². The number of esters is 2. The summed E-state index contributed by atoms with van der Waals surface area (Å²) in [6.45, 7) is 5.94. The molecule has 0 amide bonds. The minimum absolute atomic E-state index is 0.120. The molecule has 1 aliphatic carbocycles. The van der Waals surface area contributed by atoms with Gasteiger partial charge in [0.05, 0.1) is 13.2 Å². The normalized spacial score (nSPS) is 17.0. The highest BCUT2D eigenvalue weighted by Crippen LogP contribution is 2.55. The summed E-state index contributed by atoms with van der Waals surface area (Å²) in [5.74, 6) is -1.03. The van der Waals surface area contributed by atoms with Crippen LogP contribution >= 0.6 is 0 Å². The Morgan fingerprint density at radius 3 is 2.20 bits per heavy atom. The fourth-order valence-electron chi connectivity index (χ4n) is 4.55. The topological polar surface area (TPSA) is 65.7 Å². The van der Waals surface area contributed by atoms with Gasteiger partial charge in [0, 0.05) is 23.3 Å². The second-order valence-electron chi connectivity index (χ2n) is 7.55. The van der Waals surface area contributed by atoms with Gasteiger partial charge in [-0.1, -0.05) is 49.4 Å². The highest BCUT2D eigenvalue weighted by molar-refractivity contribution is 6.04. The van der Waals surface area contributed by atoms with E-state index < -0.39 is 23.3 Å². The minimum atomic E-state index is -1.50. The molecular weight excluding hydrogens is 380 g/mol. The lowest BCUT2D eigenvalue weighted by Gasteiger charge is -2.31. The summed E-state index contributed by atoms with van der Waals surface area (Å²) in [6.07, 6.45) is 1.03. The van der Waals surface area contributed by atoms with Crippen LogP contribution < -0.4 is 0 Å². The molecule has 30 heavy (non-hydrogen) atoms. The van der Waals surface area contributed by atoms with E-state index >= 15 is 0 Å². The van der Waals surface area contributed by atoms with Gasteiger partial charge >= 0.3 is 11.9 Å². The van der Waals surface area contributed by atoms with Crippen molar-refractivity contribution in [1.29, 1.82) is 0 Å². The highest BCUT2D eigenvalue weighted by atomic mass is 16.6. The molecule has 0 aliphatic heterocycles. The van der Waals surface area contributed by atoms with Crippen molar-refractivity contribution in [1.82, 2.24) is 0 Å². The Labute approximate surface area is 176 Å². The molecule has 3 aromatic rings. The molecule has 5 nitrogen and oxygen atoms in total. The Bertz CT molecular complexity index is 1060. The summed E-state index contributed by atoms with van der Waals surface area (Å²) in [5, 5.41) is 0.910. The quantitative estimate of drug-likeness (QED) is 0.435. The van der Waals surface area contributed by atoms with Crippen molar-refractivity contribution in [2.45, 2.75) is 39.5 Å². The molecule has 1 aromatic heterocycles. The van der Waals surface area contributed by atoms with Crippen molar-refractivity contribution >= 4 is 22.9 Å². The van der Waals surface area contributed by atoms with Crippen LogP contribution in [0.25, 0.3) is 11.0 Å². The smallest absolute Gasteiger partial charge is 0.324 e. The maximum absolute atomic E-state index is 13.3. The van der Waals surface area contributed by atoms with E-state index in [0.29, 0.717) is 5.76 Å². The third-order valence-electron chi connectivity index (χ3n) is 5.93. The van der Waals surface area contributed by atoms with E-state index in [1.54, 1.807) is 13.8 Å². The molecule has 1 unspecified atom stereocenters. The number of fused-ring (bicyclic) bond motifs is 3. The Kier molecular flexibility index (Phi) is 5.37. The molecule has 0 N–H and O–H groups in total. The van der Waals surface area contributed by atoms with Gasteiger partial charge in [-0.3, -0.25) is 9.59 Å². The summed E-state index contributed by atoms with van der Waals surface area (Å²) in [7, 11) is 0. The molecule has 4 rings (SSSR count). The largest absolute Gasteiger partial charge is 0.465 e. The number of carbonyl (C=O) groups excluding carboxylic acids is 2. The molecule has 0 saturated heterocycles. The van der Waals surface area contributed by atoms with Crippen molar-refractivity contribution in [3.63, 3.8) is 0 Å². The van der Waals surface area contributed by atoms with Crippen molar-refractivity contribution in [3.05, 3.63) is 71.0 Å². The zero-order chi connectivity index (χ0) is 21.3. The maximum atomic E-state index is 13.3. The predicted molar refractivity (Wildman–Crippen MR) is 113 cm³/mol. The summed E-state index contributed by atoms with van der Waals surface area (Å²) < 4.78 is 17.0. The summed E-state index contributed by atoms with van der Waals surface area (Å²) in [5.41, 5.74) is 2.18. The van der Waals surface area contributed by atoms with Gasteiger partial charge < -0.3 is 13.9 Å². The number of hydrogen-bond donors (Lipinski definition) is 0. The first-order valence-corrected chi connectivity index (χ1v) is 10.5. The van der Waals surface area contributed by atoms with E-state index in [-0.39, 0.29) is 19.6 Å². The Morgan fingerprint density at radius 2 is 1.60 bits per heavy atom. The molecule has 0 radical (unpaired) electrons. The van der Waals surface area contributed by atoms with Gasteiger partial charge in [0.1, 0.15) is 11.3 Å². The van der Waals surface area contributed by atoms with Crippen LogP contribution in [0, 0.1) is 5.41 Å². The van der Waals surface area contributed by atoms with Gasteiger partial charge in [0.2, 0.25) is 0 Å². The van der Waals surface area contributed by atoms with Crippen LogP contribution in [-0.2, 0) is 31.9 Å². The molecule has 0 saturated carbocycles. The molecule has 156 valence electrons. The van der Waals surface area contributed by atoms with Crippen molar-refractivity contribution < 1.29 is 23.5 Å². The minimum Gasteiger partial charge on any atom is -0.465 e. The zero-order valence-corrected chi connectivity index (χ0v) is 17.6. The molecule has 0 fully saturated rings. The molecule has 0 bridgehead atoms.